The fraction of sp³-hybridized carbons (Fsp3) is 0.353. The first-order valence-corrected chi connectivity index (χ1v) is 8.02. The van der Waals surface area contributed by atoms with E-state index in [0.29, 0.717) is 5.39 Å². The van der Waals surface area contributed by atoms with Gasteiger partial charge in [-0.25, -0.2) is 9.97 Å². The fourth-order valence-corrected chi connectivity index (χ4v) is 3.08. The first-order chi connectivity index (χ1) is 11.7. The average Bonchev–Trinajstić information content (AvgIpc) is 3.12. The molecule has 7 nitrogen and oxygen atoms in total. The van der Waals surface area contributed by atoms with Crippen LogP contribution < -0.4 is 10.5 Å². The molecule has 124 valence electrons. The van der Waals surface area contributed by atoms with Crippen LogP contribution in [-0.4, -0.2) is 45.6 Å². The van der Waals surface area contributed by atoms with E-state index in [1.54, 1.807) is 25.8 Å². The highest BCUT2D eigenvalue weighted by atomic mass is 16.3. The van der Waals surface area contributed by atoms with E-state index in [1.165, 1.54) is 4.57 Å². The Morgan fingerprint density at radius 3 is 2.75 bits per heavy atom. The highest BCUT2D eigenvalue weighted by Gasteiger charge is 2.19. The molecular formula is C17H19N5O2. The third-order valence-electron chi connectivity index (χ3n) is 4.48. The zero-order chi connectivity index (χ0) is 16.5. The van der Waals surface area contributed by atoms with E-state index in [-0.39, 0.29) is 5.56 Å². The molecule has 0 unspecified atom stereocenters. The van der Waals surface area contributed by atoms with Gasteiger partial charge < -0.3 is 13.9 Å². The van der Waals surface area contributed by atoms with E-state index in [1.807, 2.05) is 18.2 Å². The SMILES string of the molecule is Cn1cnc2cc(N3CCN(Cc4ncco4)CC3)ccc2c1=O. The molecule has 4 rings (SSSR count). The Balaban J connectivity index is 1.48. The smallest absolute Gasteiger partial charge is 0.260 e. The summed E-state index contributed by atoms with van der Waals surface area (Å²) in [7, 11) is 1.72. The van der Waals surface area contributed by atoms with Crippen molar-refractivity contribution in [1.29, 1.82) is 0 Å². The largest absolute Gasteiger partial charge is 0.448 e. The zero-order valence-electron chi connectivity index (χ0n) is 13.6. The van der Waals surface area contributed by atoms with E-state index in [2.05, 4.69) is 19.8 Å². The molecule has 2 aromatic heterocycles. The predicted molar refractivity (Wildman–Crippen MR) is 91.0 cm³/mol. The molecule has 0 N–H and O–H groups in total. The van der Waals surface area contributed by atoms with E-state index in [4.69, 9.17) is 4.42 Å². The Bertz CT molecular complexity index is 895. The Morgan fingerprint density at radius 1 is 1.17 bits per heavy atom. The van der Waals surface area contributed by atoms with Crippen LogP contribution in [0.4, 0.5) is 5.69 Å². The number of hydrogen-bond donors (Lipinski definition) is 0. The number of rotatable bonds is 3. The lowest BCUT2D eigenvalue weighted by atomic mass is 10.2. The van der Waals surface area contributed by atoms with Crippen LogP contribution in [0.25, 0.3) is 10.9 Å². The minimum absolute atomic E-state index is 0.0117. The van der Waals surface area contributed by atoms with Gasteiger partial charge in [-0.3, -0.25) is 9.69 Å². The Kier molecular flexibility index (Phi) is 3.78. The van der Waals surface area contributed by atoms with Gasteiger partial charge in [0.1, 0.15) is 6.26 Å². The molecule has 0 saturated carbocycles. The van der Waals surface area contributed by atoms with Gasteiger partial charge in [0.15, 0.2) is 0 Å². The molecule has 1 fully saturated rings. The van der Waals surface area contributed by atoms with Crippen molar-refractivity contribution in [2.45, 2.75) is 6.54 Å². The highest BCUT2D eigenvalue weighted by Crippen LogP contribution is 2.20. The van der Waals surface area contributed by atoms with Gasteiger partial charge in [-0.1, -0.05) is 0 Å². The molecule has 0 spiro atoms. The summed E-state index contributed by atoms with van der Waals surface area (Å²) in [6.07, 6.45) is 4.86. The fourth-order valence-electron chi connectivity index (χ4n) is 3.08. The molecule has 1 aliphatic heterocycles. The third kappa shape index (κ3) is 2.78. The molecule has 0 aliphatic carbocycles. The lowest BCUT2D eigenvalue weighted by Crippen LogP contribution is -2.46. The summed E-state index contributed by atoms with van der Waals surface area (Å²) in [5, 5.41) is 0.659. The van der Waals surface area contributed by atoms with Crippen molar-refractivity contribution in [2.75, 3.05) is 31.1 Å². The lowest BCUT2D eigenvalue weighted by molar-refractivity contribution is 0.226. The van der Waals surface area contributed by atoms with E-state index in [0.717, 1.165) is 49.8 Å². The van der Waals surface area contributed by atoms with Crippen LogP contribution in [0, 0.1) is 0 Å². The summed E-state index contributed by atoms with van der Waals surface area (Å²) in [4.78, 5) is 25.3. The Labute approximate surface area is 139 Å². The summed E-state index contributed by atoms with van der Waals surface area (Å²) >= 11 is 0. The normalized spacial score (nSPS) is 16.0. The second kappa shape index (κ2) is 6.09. The number of anilines is 1. The molecule has 0 atom stereocenters. The molecule has 1 aromatic carbocycles. The average molecular weight is 325 g/mol. The molecule has 24 heavy (non-hydrogen) atoms. The van der Waals surface area contributed by atoms with Crippen LogP contribution in [0.1, 0.15) is 5.89 Å². The second-order valence-electron chi connectivity index (χ2n) is 6.05. The summed E-state index contributed by atoms with van der Waals surface area (Å²) in [6.45, 7) is 4.50. The van der Waals surface area contributed by atoms with Gasteiger partial charge >= 0.3 is 0 Å². The molecule has 7 heteroatoms. The van der Waals surface area contributed by atoms with Crippen molar-refractivity contribution in [3.8, 4) is 0 Å². The van der Waals surface area contributed by atoms with Crippen molar-refractivity contribution >= 4 is 16.6 Å². The summed E-state index contributed by atoms with van der Waals surface area (Å²) < 4.78 is 6.81. The number of aromatic nitrogens is 3. The summed E-state index contributed by atoms with van der Waals surface area (Å²) in [6, 6.07) is 5.88. The van der Waals surface area contributed by atoms with Crippen LogP contribution in [0.2, 0.25) is 0 Å². The minimum Gasteiger partial charge on any atom is -0.448 e. The van der Waals surface area contributed by atoms with Gasteiger partial charge in [-0.05, 0) is 18.2 Å². The van der Waals surface area contributed by atoms with Crippen LogP contribution in [-0.2, 0) is 13.6 Å². The van der Waals surface area contributed by atoms with Crippen LogP contribution in [0.15, 0.2) is 46.2 Å². The molecule has 1 aliphatic rings. The molecule has 0 radical (unpaired) electrons. The van der Waals surface area contributed by atoms with Crippen LogP contribution >= 0.6 is 0 Å². The van der Waals surface area contributed by atoms with Crippen LogP contribution in [0.3, 0.4) is 0 Å². The standard InChI is InChI=1S/C17H19N5O2/c1-20-12-19-15-10-13(2-3-14(15)17(20)23)22-7-5-21(6-8-22)11-16-18-4-9-24-16/h2-4,9-10,12H,5-8,11H2,1H3. The molecule has 0 bridgehead atoms. The quantitative estimate of drug-likeness (QED) is 0.722. The van der Waals surface area contributed by atoms with Crippen molar-refractivity contribution in [2.24, 2.45) is 7.05 Å². The summed E-state index contributed by atoms with van der Waals surface area (Å²) in [5.41, 5.74) is 1.85. The minimum atomic E-state index is -0.0117. The molecule has 1 saturated heterocycles. The second-order valence-corrected chi connectivity index (χ2v) is 6.05. The number of oxazole rings is 1. The van der Waals surface area contributed by atoms with Gasteiger partial charge in [-0.2, -0.15) is 0 Å². The van der Waals surface area contributed by atoms with E-state index >= 15 is 0 Å². The molecule has 3 aromatic rings. The highest BCUT2D eigenvalue weighted by molar-refractivity contribution is 5.81. The maximum absolute atomic E-state index is 12.1. The van der Waals surface area contributed by atoms with Gasteiger partial charge in [-0.15, -0.1) is 0 Å². The maximum Gasteiger partial charge on any atom is 0.260 e. The van der Waals surface area contributed by atoms with Gasteiger partial charge in [0.2, 0.25) is 5.89 Å². The van der Waals surface area contributed by atoms with Crippen LogP contribution in [0.5, 0.6) is 0 Å². The van der Waals surface area contributed by atoms with Gasteiger partial charge in [0, 0.05) is 38.9 Å². The van der Waals surface area contributed by atoms with Crippen molar-refractivity contribution in [3.63, 3.8) is 0 Å². The number of fused-ring (bicyclic) bond motifs is 1. The lowest BCUT2D eigenvalue weighted by Gasteiger charge is -2.35. The van der Waals surface area contributed by atoms with Gasteiger partial charge in [0.25, 0.3) is 5.56 Å². The topological polar surface area (TPSA) is 67.4 Å². The number of hydrogen-bond acceptors (Lipinski definition) is 6. The molecular weight excluding hydrogens is 306 g/mol. The van der Waals surface area contributed by atoms with Crippen molar-refractivity contribution < 1.29 is 4.42 Å². The first-order valence-electron chi connectivity index (χ1n) is 8.02. The van der Waals surface area contributed by atoms with Crippen molar-refractivity contribution in [3.05, 3.63) is 53.2 Å². The number of piperazine rings is 1. The Morgan fingerprint density at radius 2 is 2.00 bits per heavy atom. The van der Waals surface area contributed by atoms with Gasteiger partial charge in [0.05, 0.1) is 30.0 Å². The van der Waals surface area contributed by atoms with E-state index in [9.17, 15) is 4.79 Å². The van der Waals surface area contributed by atoms with E-state index < -0.39 is 0 Å². The predicted octanol–water partition coefficient (Wildman–Crippen LogP) is 1.24. The number of benzene rings is 1. The monoisotopic (exact) mass is 325 g/mol. The molecule has 0 amide bonds. The zero-order valence-corrected chi connectivity index (χ0v) is 13.6. The Hall–Kier alpha value is -2.67. The summed E-state index contributed by atoms with van der Waals surface area (Å²) in [5.74, 6) is 0.759. The first kappa shape index (κ1) is 14.9. The number of nitrogens with zero attached hydrogens (tertiary/aromatic N) is 5. The molecule has 3 heterocycles. The maximum atomic E-state index is 12.1. The third-order valence-corrected chi connectivity index (χ3v) is 4.48. The number of aryl methyl sites for hydroxylation is 1. The van der Waals surface area contributed by atoms with Crippen molar-refractivity contribution in [1.82, 2.24) is 19.4 Å².